The van der Waals surface area contributed by atoms with Crippen LogP contribution in [0.1, 0.15) is 18.4 Å². The molecule has 118 valence electrons. The molecule has 2 nitrogen and oxygen atoms in total. The van der Waals surface area contributed by atoms with Crippen molar-refractivity contribution in [1.29, 1.82) is 0 Å². The fourth-order valence-electron chi connectivity index (χ4n) is 2.73. The Morgan fingerprint density at radius 1 is 1.00 bits per heavy atom. The first-order valence-corrected chi connectivity index (χ1v) is 7.49. The lowest BCUT2D eigenvalue weighted by atomic mass is 10.00. The summed E-state index contributed by atoms with van der Waals surface area (Å²) < 4.78 is 19.1. The highest BCUT2D eigenvalue weighted by Gasteiger charge is 2.14. The monoisotopic (exact) mass is 321 g/mol. The number of rotatable bonds is 4. The van der Waals surface area contributed by atoms with Crippen molar-refractivity contribution in [3.8, 4) is 11.1 Å². The molecule has 2 aromatic carbocycles. The van der Waals surface area contributed by atoms with E-state index in [0.717, 1.165) is 42.6 Å². The van der Waals surface area contributed by atoms with E-state index in [1.165, 1.54) is 12.1 Å². The standard InChI is InChI=1S/C18H20FNO.ClH/c19-16-7-5-14(6-8-16)18-4-2-1-3-15(18)13-21-17-9-11-20-12-10-17;/h1-8,17,20H,9-13H2;1H. The molecular weight excluding hydrogens is 301 g/mol. The molecule has 1 aliphatic rings. The lowest BCUT2D eigenvalue weighted by molar-refractivity contribution is 0.0214. The molecule has 0 unspecified atom stereocenters. The maximum absolute atomic E-state index is 13.1. The first-order chi connectivity index (χ1) is 10.3. The third-order valence-electron chi connectivity index (χ3n) is 3.93. The minimum Gasteiger partial charge on any atom is -0.373 e. The maximum atomic E-state index is 13.1. The number of halogens is 2. The molecule has 0 aliphatic carbocycles. The van der Waals surface area contributed by atoms with E-state index in [-0.39, 0.29) is 18.2 Å². The van der Waals surface area contributed by atoms with Crippen LogP contribution in [0.4, 0.5) is 4.39 Å². The Hall–Kier alpha value is -1.42. The van der Waals surface area contributed by atoms with E-state index in [2.05, 4.69) is 17.4 Å². The van der Waals surface area contributed by atoms with Crippen molar-refractivity contribution < 1.29 is 9.13 Å². The molecule has 1 saturated heterocycles. The van der Waals surface area contributed by atoms with Crippen molar-refractivity contribution >= 4 is 12.4 Å². The van der Waals surface area contributed by atoms with Crippen molar-refractivity contribution in [2.75, 3.05) is 13.1 Å². The SMILES string of the molecule is Cl.Fc1ccc(-c2ccccc2COC2CCNCC2)cc1. The van der Waals surface area contributed by atoms with E-state index < -0.39 is 0 Å². The van der Waals surface area contributed by atoms with Crippen LogP contribution in [0.3, 0.4) is 0 Å². The average molecular weight is 322 g/mol. The van der Waals surface area contributed by atoms with Crippen LogP contribution in [-0.4, -0.2) is 19.2 Å². The van der Waals surface area contributed by atoms with Crippen molar-refractivity contribution in [1.82, 2.24) is 5.32 Å². The smallest absolute Gasteiger partial charge is 0.123 e. The summed E-state index contributed by atoms with van der Waals surface area (Å²) in [6, 6.07) is 14.8. The van der Waals surface area contributed by atoms with Crippen molar-refractivity contribution in [2.45, 2.75) is 25.6 Å². The fraction of sp³-hybridized carbons (Fsp3) is 0.333. The number of piperidine rings is 1. The fourth-order valence-corrected chi connectivity index (χ4v) is 2.73. The molecule has 1 fully saturated rings. The number of nitrogens with one attached hydrogen (secondary N) is 1. The van der Waals surface area contributed by atoms with Crippen LogP contribution in [-0.2, 0) is 11.3 Å². The van der Waals surface area contributed by atoms with Gasteiger partial charge in [-0.25, -0.2) is 4.39 Å². The summed E-state index contributed by atoms with van der Waals surface area (Å²) in [6.45, 7) is 2.67. The number of hydrogen-bond donors (Lipinski definition) is 1. The van der Waals surface area contributed by atoms with Crippen LogP contribution < -0.4 is 5.32 Å². The summed E-state index contributed by atoms with van der Waals surface area (Å²) >= 11 is 0. The second-order valence-corrected chi connectivity index (χ2v) is 5.42. The largest absolute Gasteiger partial charge is 0.373 e. The summed E-state index contributed by atoms with van der Waals surface area (Å²) in [4.78, 5) is 0. The second kappa shape index (κ2) is 8.28. The summed E-state index contributed by atoms with van der Waals surface area (Å²) in [5.41, 5.74) is 3.30. The number of benzene rings is 2. The van der Waals surface area contributed by atoms with Crippen molar-refractivity contribution in [3.05, 3.63) is 59.9 Å². The summed E-state index contributed by atoms with van der Waals surface area (Å²) in [5.74, 6) is -0.206. The lowest BCUT2D eigenvalue weighted by Crippen LogP contribution is -2.32. The van der Waals surface area contributed by atoms with Crippen LogP contribution in [0, 0.1) is 5.82 Å². The van der Waals surface area contributed by atoms with Crippen molar-refractivity contribution in [2.24, 2.45) is 0 Å². The molecule has 22 heavy (non-hydrogen) atoms. The Morgan fingerprint density at radius 3 is 2.41 bits per heavy atom. The summed E-state index contributed by atoms with van der Waals surface area (Å²) in [6.07, 6.45) is 2.48. The maximum Gasteiger partial charge on any atom is 0.123 e. The molecule has 4 heteroatoms. The number of ether oxygens (including phenoxy) is 1. The molecule has 1 N–H and O–H groups in total. The zero-order valence-electron chi connectivity index (χ0n) is 12.4. The van der Waals surface area contributed by atoms with Gasteiger partial charge in [0.25, 0.3) is 0 Å². The summed E-state index contributed by atoms with van der Waals surface area (Å²) in [7, 11) is 0. The van der Waals surface area contributed by atoms with Crippen LogP contribution in [0.25, 0.3) is 11.1 Å². The van der Waals surface area contributed by atoms with Gasteiger partial charge in [0, 0.05) is 0 Å². The molecule has 0 bridgehead atoms. The van der Waals surface area contributed by atoms with Crippen LogP contribution >= 0.6 is 12.4 Å². The lowest BCUT2D eigenvalue weighted by Gasteiger charge is -2.23. The molecule has 1 heterocycles. The zero-order valence-corrected chi connectivity index (χ0v) is 13.2. The van der Waals surface area contributed by atoms with E-state index in [1.54, 1.807) is 0 Å². The van der Waals surface area contributed by atoms with Gasteiger partial charge in [0.2, 0.25) is 0 Å². The third kappa shape index (κ3) is 4.29. The molecule has 0 spiro atoms. The van der Waals surface area contributed by atoms with Gasteiger partial charge in [-0.3, -0.25) is 0 Å². The number of hydrogen-bond acceptors (Lipinski definition) is 2. The Labute approximate surface area is 137 Å². The molecule has 0 radical (unpaired) electrons. The third-order valence-corrected chi connectivity index (χ3v) is 3.93. The Bertz CT molecular complexity index is 582. The van der Waals surface area contributed by atoms with E-state index in [1.807, 2.05) is 24.3 Å². The first kappa shape index (κ1) is 16.9. The van der Waals surface area contributed by atoms with E-state index >= 15 is 0 Å². The van der Waals surface area contributed by atoms with E-state index in [9.17, 15) is 4.39 Å². The Balaban J connectivity index is 0.00000176. The second-order valence-electron chi connectivity index (χ2n) is 5.42. The highest BCUT2D eigenvalue weighted by Crippen LogP contribution is 2.25. The molecule has 1 aliphatic heterocycles. The van der Waals surface area contributed by atoms with Crippen LogP contribution in [0.15, 0.2) is 48.5 Å². The average Bonchev–Trinajstić information content (AvgIpc) is 2.55. The molecule has 0 amide bonds. The predicted octanol–water partition coefficient (Wildman–Crippen LogP) is 4.18. The molecular formula is C18H21ClFNO. The highest BCUT2D eigenvalue weighted by molar-refractivity contribution is 5.85. The molecule has 0 atom stereocenters. The topological polar surface area (TPSA) is 21.3 Å². The van der Waals surface area contributed by atoms with E-state index in [4.69, 9.17) is 4.74 Å². The van der Waals surface area contributed by atoms with Crippen LogP contribution in [0.5, 0.6) is 0 Å². The molecule has 0 aromatic heterocycles. The van der Waals surface area contributed by atoms with Gasteiger partial charge in [0.05, 0.1) is 12.7 Å². The van der Waals surface area contributed by atoms with Crippen LogP contribution in [0.2, 0.25) is 0 Å². The first-order valence-electron chi connectivity index (χ1n) is 7.49. The minimum atomic E-state index is -0.206. The normalized spacial score (nSPS) is 15.3. The highest BCUT2D eigenvalue weighted by atomic mass is 35.5. The quantitative estimate of drug-likeness (QED) is 0.912. The van der Waals surface area contributed by atoms with Gasteiger partial charge in [-0.15, -0.1) is 12.4 Å². The zero-order chi connectivity index (χ0) is 14.5. The Kier molecular flexibility index (Phi) is 6.37. The predicted molar refractivity (Wildman–Crippen MR) is 89.8 cm³/mol. The van der Waals surface area contributed by atoms with Gasteiger partial charge in [0.1, 0.15) is 5.82 Å². The van der Waals surface area contributed by atoms with Gasteiger partial charge in [0.15, 0.2) is 0 Å². The molecule has 0 saturated carbocycles. The van der Waals surface area contributed by atoms with Crippen molar-refractivity contribution in [3.63, 3.8) is 0 Å². The van der Waals surface area contributed by atoms with Gasteiger partial charge in [-0.1, -0.05) is 36.4 Å². The van der Waals surface area contributed by atoms with Gasteiger partial charge in [-0.05, 0) is 54.8 Å². The van der Waals surface area contributed by atoms with Gasteiger partial charge < -0.3 is 10.1 Å². The van der Waals surface area contributed by atoms with Gasteiger partial charge >= 0.3 is 0 Å². The van der Waals surface area contributed by atoms with Gasteiger partial charge in [-0.2, -0.15) is 0 Å². The molecule has 3 rings (SSSR count). The van der Waals surface area contributed by atoms with E-state index in [0.29, 0.717) is 12.7 Å². The molecule has 2 aromatic rings. The Morgan fingerprint density at radius 2 is 1.68 bits per heavy atom. The minimum absolute atomic E-state index is 0. The summed E-state index contributed by atoms with van der Waals surface area (Å²) in [5, 5.41) is 3.34.